The summed E-state index contributed by atoms with van der Waals surface area (Å²) < 4.78 is 1.91. The number of para-hydroxylation sites is 2. The van der Waals surface area contributed by atoms with Gasteiger partial charge in [-0.2, -0.15) is 5.26 Å². The summed E-state index contributed by atoms with van der Waals surface area (Å²) in [5, 5.41) is 12.8. The van der Waals surface area contributed by atoms with Crippen LogP contribution in [-0.4, -0.2) is 15.5 Å². The molecule has 0 unspecified atom stereocenters. The van der Waals surface area contributed by atoms with Gasteiger partial charge in [0.2, 0.25) is 11.9 Å². The van der Waals surface area contributed by atoms with Gasteiger partial charge in [0, 0.05) is 5.02 Å². The van der Waals surface area contributed by atoms with E-state index in [0.717, 1.165) is 16.6 Å². The summed E-state index contributed by atoms with van der Waals surface area (Å²) in [5.74, 6) is -0.709. The maximum Gasteiger partial charge on any atom is 0.246 e. The molecule has 5 nitrogen and oxygen atoms in total. The number of carbonyl (C=O) groups is 1. The van der Waals surface area contributed by atoms with Crippen molar-refractivity contribution in [3.63, 3.8) is 0 Å². The van der Waals surface area contributed by atoms with Gasteiger partial charge >= 0.3 is 0 Å². The van der Waals surface area contributed by atoms with Crippen molar-refractivity contribution in [3.8, 4) is 6.07 Å². The number of nitriles is 1. The molecule has 0 radical (unpaired) electrons. The third-order valence-corrected chi connectivity index (χ3v) is 4.31. The van der Waals surface area contributed by atoms with Crippen LogP contribution < -0.4 is 5.32 Å². The molecule has 0 aliphatic carbocycles. The lowest BCUT2D eigenvalue weighted by Crippen LogP contribution is -2.37. The Morgan fingerprint density at radius 3 is 2.65 bits per heavy atom. The smallest absolute Gasteiger partial charge is 0.246 e. The van der Waals surface area contributed by atoms with Crippen LogP contribution >= 0.6 is 11.6 Å². The van der Waals surface area contributed by atoms with Gasteiger partial charge in [-0.25, -0.2) is 4.98 Å². The lowest BCUT2D eigenvalue weighted by Gasteiger charge is -2.29. The lowest BCUT2D eigenvalue weighted by molar-refractivity contribution is -0.119. The molecule has 0 saturated carbocycles. The van der Waals surface area contributed by atoms with Crippen molar-refractivity contribution in [1.82, 2.24) is 9.55 Å². The van der Waals surface area contributed by atoms with Crippen LogP contribution in [0.1, 0.15) is 11.6 Å². The van der Waals surface area contributed by atoms with Crippen molar-refractivity contribution >= 4 is 34.5 Å². The second-order valence-corrected chi connectivity index (χ2v) is 5.82. The molecule has 1 aliphatic rings. The van der Waals surface area contributed by atoms with Crippen LogP contribution in [0.15, 0.2) is 48.5 Å². The van der Waals surface area contributed by atoms with E-state index in [2.05, 4.69) is 16.4 Å². The van der Waals surface area contributed by atoms with E-state index in [4.69, 9.17) is 11.6 Å². The highest BCUT2D eigenvalue weighted by atomic mass is 35.5. The Kier molecular flexibility index (Phi) is 3.07. The SMILES string of the molecule is N#C[C@@H]1C(=O)Nc2nc3ccccc3n2[C@@H]1c1ccc(Cl)cc1. The molecular formula is C17H11ClN4O. The van der Waals surface area contributed by atoms with Crippen LogP contribution in [0, 0.1) is 17.2 Å². The number of anilines is 1. The maximum atomic E-state index is 12.3. The summed E-state index contributed by atoms with van der Waals surface area (Å²) in [6, 6.07) is 16.5. The zero-order chi connectivity index (χ0) is 16.0. The highest BCUT2D eigenvalue weighted by Crippen LogP contribution is 2.37. The number of rotatable bonds is 1. The molecule has 2 aromatic carbocycles. The molecule has 2 atom stereocenters. The molecule has 23 heavy (non-hydrogen) atoms. The molecule has 1 aliphatic heterocycles. The van der Waals surface area contributed by atoms with Crippen LogP contribution in [0.4, 0.5) is 5.95 Å². The van der Waals surface area contributed by atoms with E-state index >= 15 is 0 Å². The summed E-state index contributed by atoms with van der Waals surface area (Å²) in [6.07, 6.45) is 0. The number of hydrogen-bond donors (Lipinski definition) is 1. The van der Waals surface area contributed by atoms with Gasteiger partial charge in [0.25, 0.3) is 0 Å². The first-order valence-corrected chi connectivity index (χ1v) is 7.50. The Morgan fingerprint density at radius 2 is 1.91 bits per heavy atom. The first-order chi connectivity index (χ1) is 11.2. The summed E-state index contributed by atoms with van der Waals surface area (Å²) in [7, 11) is 0. The predicted octanol–water partition coefficient (Wildman–Crippen LogP) is 3.37. The third kappa shape index (κ3) is 2.07. The van der Waals surface area contributed by atoms with E-state index in [0.29, 0.717) is 11.0 Å². The molecule has 2 heterocycles. The minimum Gasteiger partial charge on any atom is -0.300 e. The van der Waals surface area contributed by atoms with Crippen molar-refractivity contribution in [3.05, 3.63) is 59.1 Å². The minimum absolute atomic E-state index is 0.338. The van der Waals surface area contributed by atoms with Crippen LogP contribution in [0.2, 0.25) is 5.02 Å². The van der Waals surface area contributed by atoms with Gasteiger partial charge in [-0.3, -0.25) is 10.1 Å². The van der Waals surface area contributed by atoms with E-state index in [1.807, 2.05) is 41.0 Å². The number of carbonyl (C=O) groups excluding carboxylic acids is 1. The van der Waals surface area contributed by atoms with Crippen molar-refractivity contribution in [2.45, 2.75) is 6.04 Å². The number of nitrogens with one attached hydrogen (secondary N) is 1. The predicted molar refractivity (Wildman–Crippen MR) is 87.1 cm³/mol. The standard InChI is InChI=1S/C17H11ClN4O/c18-11-7-5-10(6-8-11)15-12(9-19)16(23)21-17-20-13-3-1-2-4-14(13)22(15)17/h1-8,12,15H,(H,20,21,23)/t12-,15+/m0/s1. The Bertz CT molecular complexity index is 955. The Labute approximate surface area is 137 Å². The average molecular weight is 323 g/mol. The Balaban J connectivity index is 2.00. The monoisotopic (exact) mass is 322 g/mol. The molecule has 6 heteroatoms. The average Bonchev–Trinajstić information content (AvgIpc) is 2.92. The number of benzene rings is 2. The van der Waals surface area contributed by atoms with Crippen LogP contribution in [0.25, 0.3) is 11.0 Å². The van der Waals surface area contributed by atoms with Crippen molar-refractivity contribution in [1.29, 1.82) is 5.26 Å². The van der Waals surface area contributed by atoms with Crippen LogP contribution in [-0.2, 0) is 4.79 Å². The number of amides is 1. The Morgan fingerprint density at radius 1 is 1.17 bits per heavy atom. The quantitative estimate of drug-likeness (QED) is 0.746. The summed E-state index contributed by atoms with van der Waals surface area (Å²) in [5.41, 5.74) is 2.50. The first-order valence-electron chi connectivity index (χ1n) is 7.12. The fourth-order valence-electron chi connectivity index (χ4n) is 3.03. The normalized spacial score (nSPS) is 19.9. The number of nitrogens with zero attached hydrogens (tertiary/aromatic N) is 3. The van der Waals surface area contributed by atoms with E-state index in [1.165, 1.54) is 0 Å². The molecule has 0 spiro atoms. The molecule has 0 saturated heterocycles. The van der Waals surface area contributed by atoms with Crippen molar-refractivity contribution < 1.29 is 4.79 Å². The van der Waals surface area contributed by atoms with Crippen LogP contribution in [0.5, 0.6) is 0 Å². The second kappa shape index (κ2) is 5.11. The Hall–Kier alpha value is -2.84. The maximum absolute atomic E-state index is 12.3. The van der Waals surface area contributed by atoms with E-state index < -0.39 is 12.0 Å². The van der Waals surface area contributed by atoms with Crippen LogP contribution in [0.3, 0.4) is 0 Å². The zero-order valence-electron chi connectivity index (χ0n) is 11.9. The van der Waals surface area contributed by atoms with Gasteiger partial charge in [-0.15, -0.1) is 0 Å². The van der Waals surface area contributed by atoms with Gasteiger partial charge in [-0.1, -0.05) is 35.9 Å². The lowest BCUT2D eigenvalue weighted by atomic mass is 9.91. The van der Waals surface area contributed by atoms with Gasteiger partial charge in [-0.05, 0) is 29.8 Å². The molecule has 3 aromatic rings. The molecule has 0 fully saturated rings. The molecule has 0 bridgehead atoms. The number of aromatic nitrogens is 2. The first kappa shape index (κ1) is 13.8. The molecule has 1 amide bonds. The highest BCUT2D eigenvalue weighted by Gasteiger charge is 2.38. The topological polar surface area (TPSA) is 70.7 Å². The molecule has 112 valence electrons. The third-order valence-electron chi connectivity index (χ3n) is 4.06. The van der Waals surface area contributed by atoms with E-state index in [1.54, 1.807) is 12.1 Å². The molecule has 4 rings (SSSR count). The molecule has 1 N–H and O–H groups in total. The fourth-order valence-corrected chi connectivity index (χ4v) is 3.15. The number of halogens is 1. The van der Waals surface area contributed by atoms with Crippen molar-refractivity contribution in [2.24, 2.45) is 5.92 Å². The van der Waals surface area contributed by atoms with Gasteiger partial charge in [0.15, 0.2) is 5.92 Å². The molecular weight excluding hydrogens is 312 g/mol. The zero-order valence-corrected chi connectivity index (χ0v) is 12.7. The summed E-state index contributed by atoms with van der Waals surface area (Å²) in [4.78, 5) is 16.8. The molecule has 1 aromatic heterocycles. The van der Waals surface area contributed by atoms with E-state index in [-0.39, 0.29) is 5.91 Å². The minimum atomic E-state index is -0.832. The number of imidazole rings is 1. The second-order valence-electron chi connectivity index (χ2n) is 5.39. The van der Waals surface area contributed by atoms with E-state index in [9.17, 15) is 10.1 Å². The van der Waals surface area contributed by atoms with Gasteiger partial charge < -0.3 is 4.57 Å². The summed E-state index contributed by atoms with van der Waals surface area (Å²) >= 11 is 5.96. The fraction of sp³-hybridized carbons (Fsp3) is 0.118. The number of fused-ring (bicyclic) bond motifs is 3. The van der Waals surface area contributed by atoms with Gasteiger partial charge in [0.05, 0.1) is 23.1 Å². The summed E-state index contributed by atoms with van der Waals surface area (Å²) in [6.45, 7) is 0. The van der Waals surface area contributed by atoms with Gasteiger partial charge in [0.1, 0.15) is 0 Å². The van der Waals surface area contributed by atoms with Crippen molar-refractivity contribution in [2.75, 3.05) is 5.32 Å². The number of hydrogen-bond acceptors (Lipinski definition) is 3. The highest BCUT2D eigenvalue weighted by molar-refractivity contribution is 6.30. The largest absolute Gasteiger partial charge is 0.300 e.